The van der Waals surface area contributed by atoms with Crippen LogP contribution in [0.5, 0.6) is 0 Å². The molecule has 0 aliphatic heterocycles. The highest BCUT2D eigenvalue weighted by Gasteiger charge is 2.38. The Hall–Kier alpha value is -3.11. The van der Waals surface area contributed by atoms with Crippen LogP contribution in [0.2, 0.25) is 0 Å². The number of anilines is 1. The van der Waals surface area contributed by atoms with Crippen LogP contribution >= 0.6 is 0 Å². The summed E-state index contributed by atoms with van der Waals surface area (Å²) in [5.41, 5.74) is 2.62. The maximum Gasteiger partial charge on any atom is 0.490 e. The van der Waals surface area contributed by atoms with Crippen LogP contribution in [-0.2, 0) is 24.7 Å². The van der Waals surface area contributed by atoms with Crippen LogP contribution in [0, 0.1) is 6.92 Å². The molecule has 1 aromatic heterocycles. The Labute approximate surface area is 152 Å². The highest BCUT2D eigenvalue weighted by atomic mass is 19.4. The molecule has 27 heavy (non-hydrogen) atoms. The van der Waals surface area contributed by atoms with Gasteiger partial charge in [0.15, 0.2) is 0 Å². The van der Waals surface area contributed by atoms with Gasteiger partial charge in [0.05, 0.1) is 0 Å². The Morgan fingerprint density at radius 3 is 2.15 bits per heavy atom. The van der Waals surface area contributed by atoms with E-state index in [9.17, 15) is 18.0 Å². The smallest absolute Gasteiger partial charge is 0.475 e. The second kappa shape index (κ2) is 8.06. The van der Waals surface area contributed by atoms with Crippen LogP contribution in [-0.4, -0.2) is 44.1 Å². The molecular formula is C16H18F3N5O3. The summed E-state index contributed by atoms with van der Waals surface area (Å²) in [5, 5.41) is 16.9. The summed E-state index contributed by atoms with van der Waals surface area (Å²) in [6.45, 7) is 1.84. The number of amides is 2. The number of aromatic nitrogens is 3. The van der Waals surface area contributed by atoms with Gasteiger partial charge in [-0.1, -0.05) is 24.3 Å². The first-order valence-electron chi connectivity index (χ1n) is 7.88. The Bertz CT molecular complexity index is 790. The van der Waals surface area contributed by atoms with Gasteiger partial charge in [-0.15, -0.1) is 5.10 Å². The third-order valence-corrected chi connectivity index (χ3v) is 3.83. The number of hydrogen-bond donors (Lipinski definition) is 3. The molecule has 0 unspecified atom stereocenters. The van der Waals surface area contributed by atoms with Gasteiger partial charge in [0.1, 0.15) is 5.82 Å². The number of carbonyl (C=O) groups excluding carboxylic acids is 1. The van der Waals surface area contributed by atoms with Crippen molar-refractivity contribution in [2.75, 3.05) is 5.32 Å². The van der Waals surface area contributed by atoms with E-state index in [0.29, 0.717) is 5.95 Å². The molecule has 0 saturated heterocycles. The van der Waals surface area contributed by atoms with Crippen LogP contribution in [0.1, 0.15) is 17.0 Å². The highest BCUT2D eigenvalue weighted by Crippen LogP contribution is 2.21. The Morgan fingerprint density at radius 1 is 1.22 bits per heavy atom. The third kappa shape index (κ3) is 5.69. The second-order valence-corrected chi connectivity index (χ2v) is 5.88. The maximum absolute atomic E-state index is 11.9. The lowest BCUT2D eigenvalue weighted by molar-refractivity contribution is -0.192. The molecule has 146 valence electrons. The fourth-order valence-electron chi connectivity index (χ4n) is 2.50. The van der Waals surface area contributed by atoms with Crippen molar-refractivity contribution in [3.8, 4) is 0 Å². The minimum absolute atomic E-state index is 0.136. The van der Waals surface area contributed by atoms with Crippen molar-refractivity contribution < 1.29 is 27.9 Å². The number of aryl methyl sites for hydroxylation is 2. The number of carboxylic acids is 1. The van der Waals surface area contributed by atoms with Crippen LogP contribution in [0.4, 0.5) is 23.9 Å². The van der Waals surface area contributed by atoms with E-state index in [2.05, 4.69) is 32.8 Å². The van der Waals surface area contributed by atoms with Crippen molar-refractivity contribution in [3.63, 3.8) is 0 Å². The van der Waals surface area contributed by atoms with Gasteiger partial charge in [-0.2, -0.15) is 18.2 Å². The Morgan fingerprint density at radius 2 is 1.74 bits per heavy atom. The lowest BCUT2D eigenvalue weighted by Gasteiger charge is -2.11. The van der Waals surface area contributed by atoms with Crippen molar-refractivity contribution in [3.05, 3.63) is 41.2 Å². The van der Waals surface area contributed by atoms with Crippen molar-refractivity contribution in [2.45, 2.75) is 32.0 Å². The number of rotatable bonds is 2. The normalized spacial score (nSPS) is 13.4. The molecule has 0 saturated carbocycles. The molecule has 1 aliphatic rings. The summed E-state index contributed by atoms with van der Waals surface area (Å²) >= 11 is 0. The van der Waals surface area contributed by atoms with Crippen molar-refractivity contribution in [2.24, 2.45) is 7.05 Å². The fourth-order valence-corrected chi connectivity index (χ4v) is 2.50. The highest BCUT2D eigenvalue weighted by molar-refractivity contribution is 5.87. The first kappa shape index (κ1) is 20.2. The third-order valence-electron chi connectivity index (χ3n) is 3.83. The average molecular weight is 385 g/mol. The van der Waals surface area contributed by atoms with Crippen LogP contribution < -0.4 is 10.6 Å². The minimum atomic E-state index is -5.08. The molecule has 11 heteroatoms. The number of benzene rings is 1. The Kier molecular flexibility index (Phi) is 6.03. The largest absolute Gasteiger partial charge is 0.490 e. The SMILES string of the molecule is Cc1nc(NC(=O)NC2Cc3ccccc3C2)nn1C.O=C(O)C(F)(F)F. The molecule has 1 aromatic carbocycles. The monoisotopic (exact) mass is 385 g/mol. The van der Waals surface area contributed by atoms with Crippen LogP contribution in [0.25, 0.3) is 0 Å². The molecule has 0 radical (unpaired) electrons. The molecule has 8 nitrogen and oxygen atoms in total. The van der Waals surface area contributed by atoms with Gasteiger partial charge in [0.2, 0.25) is 5.95 Å². The molecule has 0 bridgehead atoms. The molecule has 2 amide bonds. The number of fused-ring (bicyclic) bond motifs is 1. The van der Waals surface area contributed by atoms with E-state index in [1.165, 1.54) is 11.1 Å². The predicted octanol–water partition coefficient (Wildman–Crippen LogP) is 2.05. The number of aliphatic carboxylic acids is 1. The quantitative estimate of drug-likeness (QED) is 0.733. The summed E-state index contributed by atoms with van der Waals surface area (Å²) in [7, 11) is 1.79. The zero-order valence-corrected chi connectivity index (χ0v) is 14.5. The number of nitrogens with one attached hydrogen (secondary N) is 2. The topological polar surface area (TPSA) is 109 Å². The number of nitrogens with zero attached hydrogens (tertiary/aromatic N) is 3. The lowest BCUT2D eigenvalue weighted by atomic mass is 10.1. The van der Waals surface area contributed by atoms with E-state index in [1.54, 1.807) is 11.7 Å². The molecule has 3 N–H and O–H groups in total. The molecule has 0 atom stereocenters. The molecule has 0 spiro atoms. The summed E-state index contributed by atoms with van der Waals surface area (Å²) < 4.78 is 33.4. The number of carboxylic acid groups (broad SMARTS) is 1. The zero-order valence-electron chi connectivity index (χ0n) is 14.5. The van der Waals surface area contributed by atoms with Gasteiger partial charge in [-0.3, -0.25) is 10.00 Å². The number of carbonyl (C=O) groups is 2. The van der Waals surface area contributed by atoms with E-state index in [0.717, 1.165) is 18.7 Å². The zero-order chi connectivity index (χ0) is 20.2. The van der Waals surface area contributed by atoms with E-state index in [1.807, 2.05) is 19.1 Å². The molecule has 0 fully saturated rings. The standard InChI is InChI=1S/C14H17N5O.C2HF3O2/c1-9-15-13(18-19(9)2)17-14(20)16-12-7-10-5-3-4-6-11(10)8-12;3-2(4,5)1(6)7/h3-6,12H,7-8H2,1-2H3,(H2,16,17,18,20);(H,6,7). The molecule has 1 aliphatic carbocycles. The molecular weight excluding hydrogens is 367 g/mol. The van der Waals surface area contributed by atoms with Gasteiger partial charge < -0.3 is 10.4 Å². The summed E-state index contributed by atoms with van der Waals surface area (Å²) in [5.74, 6) is -1.67. The molecule has 1 heterocycles. The van der Waals surface area contributed by atoms with Crippen molar-refractivity contribution in [1.29, 1.82) is 0 Å². The van der Waals surface area contributed by atoms with Crippen molar-refractivity contribution >= 4 is 17.9 Å². The van der Waals surface area contributed by atoms with Gasteiger partial charge in [0, 0.05) is 13.1 Å². The fraction of sp³-hybridized carbons (Fsp3) is 0.375. The van der Waals surface area contributed by atoms with Gasteiger partial charge in [-0.25, -0.2) is 9.59 Å². The summed E-state index contributed by atoms with van der Waals surface area (Å²) in [6, 6.07) is 8.16. The number of halogens is 3. The molecule has 2 aromatic rings. The van der Waals surface area contributed by atoms with Crippen molar-refractivity contribution in [1.82, 2.24) is 20.1 Å². The van der Waals surface area contributed by atoms with E-state index < -0.39 is 12.1 Å². The van der Waals surface area contributed by atoms with Crippen LogP contribution in [0.15, 0.2) is 24.3 Å². The van der Waals surface area contributed by atoms with E-state index in [-0.39, 0.29) is 12.1 Å². The summed E-state index contributed by atoms with van der Waals surface area (Å²) in [4.78, 5) is 25.0. The Balaban J connectivity index is 0.000000321. The maximum atomic E-state index is 11.9. The van der Waals surface area contributed by atoms with Gasteiger partial charge in [-0.05, 0) is 30.9 Å². The minimum Gasteiger partial charge on any atom is -0.475 e. The first-order chi connectivity index (χ1) is 12.6. The van der Waals surface area contributed by atoms with Gasteiger partial charge >= 0.3 is 18.2 Å². The molecule has 3 rings (SSSR count). The van der Waals surface area contributed by atoms with E-state index >= 15 is 0 Å². The first-order valence-corrected chi connectivity index (χ1v) is 7.88. The predicted molar refractivity (Wildman–Crippen MR) is 89.2 cm³/mol. The van der Waals surface area contributed by atoms with Gasteiger partial charge in [0.25, 0.3) is 0 Å². The van der Waals surface area contributed by atoms with E-state index in [4.69, 9.17) is 9.90 Å². The number of hydrogen-bond acceptors (Lipinski definition) is 4. The number of urea groups is 1. The lowest BCUT2D eigenvalue weighted by Crippen LogP contribution is -2.38. The second-order valence-electron chi connectivity index (χ2n) is 5.88. The summed E-state index contributed by atoms with van der Waals surface area (Å²) in [6.07, 6.45) is -3.34. The number of alkyl halides is 3. The average Bonchev–Trinajstić information content (AvgIpc) is 3.09. The van der Waals surface area contributed by atoms with Crippen LogP contribution in [0.3, 0.4) is 0 Å².